The maximum Gasteiger partial charge on any atom is 0.433 e. The standard InChI is InChI=1S/C18H18F3N3O3/c1-3-10-11(6-4-5-7-14(10)25)15-13(9-26-2)16(27-24-15)12-8-22-23-17(12)18(19,20)21/h4,6-8,25H,3,5,9H2,1-2H3,(H,22,23). The minimum absolute atomic E-state index is 0.0184. The predicted molar refractivity (Wildman–Crippen MR) is 91.5 cm³/mol. The van der Waals surface area contributed by atoms with Crippen LogP contribution >= 0.6 is 0 Å². The van der Waals surface area contributed by atoms with E-state index in [4.69, 9.17) is 9.26 Å². The third-order valence-electron chi connectivity index (χ3n) is 4.22. The number of halogens is 3. The highest BCUT2D eigenvalue weighted by atomic mass is 19.4. The van der Waals surface area contributed by atoms with Crippen LogP contribution in [0.3, 0.4) is 0 Å². The van der Waals surface area contributed by atoms with E-state index in [1.807, 2.05) is 18.1 Å². The van der Waals surface area contributed by atoms with Crippen molar-refractivity contribution in [3.05, 3.63) is 52.7 Å². The molecule has 0 aromatic carbocycles. The molecule has 0 atom stereocenters. The first kappa shape index (κ1) is 19.0. The molecule has 3 rings (SSSR count). The quantitative estimate of drug-likeness (QED) is 0.778. The number of allylic oxidation sites excluding steroid dienone is 5. The van der Waals surface area contributed by atoms with Gasteiger partial charge in [0.05, 0.1) is 23.9 Å². The highest BCUT2D eigenvalue weighted by molar-refractivity contribution is 5.82. The lowest BCUT2D eigenvalue weighted by molar-refractivity contribution is -0.140. The molecule has 0 saturated carbocycles. The summed E-state index contributed by atoms with van der Waals surface area (Å²) in [7, 11) is 1.43. The number of nitrogens with one attached hydrogen (secondary N) is 1. The summed E-state index contributed by atoms with van der Waals surface area (Å²) in [4.78, 5) is 0. The zero-order valence-electron chi connectivity index (χ0n) is 14.7. The topological polar surface area (TPSA) is 84.2 Å². The van der Waals surface area contributed by atoms with Crippen molar-refractivity contribution < 1.29 is 27.5 Å². The number of aromatic amines is 1. The zero-order chi connectivity index (χ0) is 19.6. The molecule has 2 aromatic heterocycles. The molecule has 6 nitrogen and oxygen atoms in total. The lowest BCUT2D eigenvalue weighted by atomic mass is 9.97. The van der Waals surface area contributed by atoms with Crippen molar-refractivity contribution in [1.82, 2.24) is 15.4 Å². The Morgan fingerprint density at radius 3 is 2.81 bits per heavy atom. The molecule has 0 fully saturated rings. The molecule has 144 valence electrons. The molecule has 0 unspecified atom stereocenters. The van der Waals surface area contributed by atoms with E-state index in [2.05, 4.69) is 10.3 Å². The van der Waals surface area contributed by atoms with Gasteiger partial charge >= 0.3 is 6.18 Å². The van der Waals surface area contributed by atoms with Crippen LogP contribution in [-0.4, -0.2) is 27.6 Å². The molecule has 0 radical (unpaired) electrons. The number of H-pyrrole nitrogens is 1. The first-order valence-corrected chi connectivity index (χ1v) is 8.26. The Morgan fingerprint density at radius 2 is 2.15 bits per heavy atom. The number of rotatable bonds is 5. The summed E-state index contributed by atoms with van der Waals surface area (Å²) < 4.78 is 50.2. The largest absolute Gasteiger partial charge is 0.508 e. The zero-order valence-corrected chi connectivity index (χ0v) is 14.7. The minimum atomic E-state index is -4.62. The lowest BCUT2D eigenvalue weighted by Gasteiger charge is -2.10. The fraction of sp³-hybridized carbons (Fsp3) is 0.333. The van der Waals surface area contributed by atoms with Crippen molar-refractivity contribution in [3.8, 4) is 11.3 Å². The van der Waals surface area contributed by atoms with E-state index in [9.17, 15) is 18.3 Å². The van der Waals surface area contributed by atoms with Gasteiger partial charge in [-0.3, -0.25) is 5.10 Å². The summed E-state index contributed by atoms with van der Waals surface area (Å²) >= 11 is 0. The van der Waals surface area contributed by atoms with Gasteiger partial charge in [0.25, 0.3) is 0 Å². The molecule has 0 saturated heterocycles. The Hall–Kier alpha value is -2.81. The van der Waals surface area contributed by atoms with Gasteiger partial charge in [-0.15, -0.1) is 0 Å². The molecule has 2 heterocycles. The maximum absolute atomic E-state index is 13.2. The Bertz CT molecular complexity index is 920. The average Bonchev–Trinajstić information content (AvgIpc) is 3.20. The number of hydrogen-bond acceptors (Lipinski definition) is 5. The van der Waals surface area contributed by atoms with E-state index in [0.717, 1.165) is 6.20 Å². The van der Waals surface area contributed by atoms with Crippen LogP contribution in [0, 0.1) is 0 Å². The van der Waals surface area contributed by atoms with Gasteiger partial charge in [-0.25, -0.2) is 0 Å². The van der Waals surface area contributed by atoms with E-state index in [1.54, 1.807) is 12.2 Å². The third kappa shape index (κ3) is 3.55. The van der Waals surface area contributed by atoms with Crippen LogP contribution in [0.2, 0.25) is 0 Å². The third-order valence-corrected chi connectivity index (χ3v) is 4.22. The number of aliphatic hydroxyl groups is 1. The molecular formula is C18H18F3N3O3. The Morgan fingerprint density at radius 1 is 1.37 bits per heavy atom. The van der Waals surface area contributed by atoms with Crippen LogP contribution in [-0.2, 0) is 17.5 Å². The normalized spacial score (nSPS) is 15.2. The Balaban J connectivity index is 2.21. The van der Waals surface area contributed by atoms with Gasteiger partial charge in [-0.2, -0.15) is 18.3 Å². The van der Waals surface area contributed by atoms with E-state index in [-0.39, 0.29) is 23.7 Å². The molecular weight excluding hydrogens is 363 g/mol. The fourth-order valence-electron chi connectivity index (χ4n) is 3.01. The number of aromatic nitrogens is 3. The van der Waals surface area contributed by atoms with Gasteiger partial charge in [-0.05, 0) is 18.9 Å². The summed E-state index contributed by atoms with van der Waals surface area (Å²) in [6.45, 7) is 1.85. The SMILES string of the molecule is CCC1=C(c2noc(-c3cn[nH]c3C(F)(F)F)c2COC)C=CCC=C1O. The van der Waals surface area contributed by atoms with Gasteiger partial charge < -0.3 is 14.4 Å². The number of ether oxygens (including phenoxy) is 1. The molecule has 27 heavy (non-hydrogen) atoms. The minimum Gasteiger partial charge on any atom is -0.508 e. The second kappa shape index (κ2) is 7.43. The van der Waals surface area contributed by atoms with Crippen molar-refractivity contribution in [2.45, 2.75) is 32.5 Å². The van der Waals surface area contributed by atoms with Gasteiger partial charge in [-0.1, -0.05) is 24.2 Å². The summed E-state index contributed by atoms with van der Waals surface area (Å²) in [5.74, 6) is 0.0432. The summed E-state index contributed by atoms with van der Waals surface area (Å²) in [5, 5.41) is 19.7. The molecule has 2 N–H and O–H groups in total. The number of aliphatic hydroxyl groups excluding tert-OH is 1. The number of hydrogen-bond donors (Lipinski definition) is 2. The summed E-state index contributed by atoms with van der Waals surface area (Å²) in [5.41, 5.74) is 0.628. The Kier molecular flexibility index (Phi) is 5.22. The van der Waals surface area contributed by atoms with Crippen LogP contribution in [0.15, 0.2) is 40.3 Å². The van der Waals surface area contributed by atoms with E-state index >= 15 is 0 Å². The highest BCUT2D eigenvalue weighted by Crippen LogP contribution is 2.40. The smallest absolute Gasteiger partial charge is 0.433 e. The average molecular weight is 381 g/mol. The molecule has 2 aromatic rings. The van der Waals surface area contributed by atoms with Gasteiger partial charge in [0.2, 0.25) is 0 Å². The van der Waals surface area contributed by atoms with E-state index < -0.39 is 11.9 Å². The van der Waals surface area contributed by atoms with Crippen molar-refractivity contribution in [1.29, 1.82) is 0 Å². The van der Waals surface area contributed by atoms with Crippen molar-refractivity contribution >= 4 is 5.57 Å². The monoisotopic (exact) mass is 381 g/mol. The molecule has 1 aliphatic rings. The number of methoxy groups -OCH3 is 1. The molecule has 0 bridgehead atoms. The van der Waals surface area contributed by atoms with Crippen molar-refractivity contribution in [2.24, 2.45) is 0 Å². The molecule has 0 spiro atoms. The lowest BCUT2D eigenvalue weighted by Crippen LogP contribution is -2.07. The second-order valence-electron chi connectivity index (χ2n) is 5.90. The van der Waals surface area contributed by atoms with Crippen LogP contribution in [0.5, 0.6) is 0 Å². The molecule has 9 heteroatoms. The number of alkyl halides is 3. The van der Waals surface area contributed by atoms with Crippen molar-refractivity contribution in [2.75, 3.05) is 7.11 Å². The summed E-state index contributed by atoms with van der Waals surface area (Å²) in [6.07, 6.45) is 2.73. The first-order chi connectivity index (χ1) is 12.9. The van der Waals surface area contributed by atoms with Gasteiger partial charge in [0.15, 0.2) is 11.5 Å². The highest BCUT2D eigenvalue weighted by Gasteiger charge is 2.38. The second-order valence-corrected chi connectivity index (χ2v) is 5.90. The van der Waals surface area contributed by atoms with Crippen LogP contribution in [0.4, 0.5) is 13.2 Å². The van der Waals surface area contributed by atoms with Crippen LogP contribution in [0.1, 0.15) is 36.7 Å². The molecule has 0 aliphatic heterocycles. The molecule has 1 aliphatic carbocycles. The first-order valence-electron chi connectivity index (χ1n) is 8.26. The van der Waals surface area contributed by atoms with Gasteiger partial charge in [0.1, 0.15) is 11.5 Å². The number of nitrogens with zero attached hydrogens (tertiary/aromatic N) is 2. The molecule has 0 amide bonds. The fourth-order valence-corrected chi connectivity index (χ4v) is 3.01. The van der Waals surface area contributed by atoms with Crippen molar-refractivity contribution in [3.63, 3.8) is 0 Å². The van der Waals surface area contributed by atoms with Gasteiger partial charge in [0, 0.05) is 18.3 Å². The van der Waals surface area contributed by atoms with E-state index in [1.165, 1.54) is 7.11 Å². The maximum atomic E-state index is 13.2. The predicted octanol–water partition coefficient (Wildman–Crippen LogP) is 4.80. The van der Waals surface area contributed by atoms with Crippen LogP contribution in [0.25, 0.3) is 16.9 Å². The van der Waals surface area contributed by atoms with Crippen LogP contribution < -0.4 is 0 Å². The van der Waals surface area contributed by atoms with E-state index in [0.29, 0.717) is 35.2 Å². The Labute approximate surface area is 153 Å². The summed E-state index contributed by atoms with van der Waals surface area (Å²) in [6, 6.07) is 0.